The number of hydrogen-bond donors (Lipinski definition) is 1. The van der Waals surface area contributed by atoms with Crippen molar-refractivity contribution < 1.29 is 13.9 Å². The molecule has 0 spiro atoms. The summed E-state index contributed by atoms with van der Waals surface area (Å²) in [6.45, 7) is 0. The third kappa shape index (κ3) is 1.43. The lowest BCUT2D eigenvalue weighted by Crippen LogP contribution is -1.81. The number of benzene rings is 1. The Morgan fingerprint density at radius 1 is 1.10 bits per heavy atom. The van der Waals surface area contributed by atoms with Crippen LogP contribution in [0.1, 0.15) is 5.56 Å². The van der Waals surface area contributed by atoms with E-state index in [0.29, 0.717) is 0 Å². The molecule has 1 rings (SSSR count). The first-order valence-electron chi connectivity index (χ1n) is 2.67. The molecule has 1 radical (unpaired) electrons. The summed E-state index contributed by atoms with van der Waals surface area (Å²) in [5, 5.41) is 8.68. The van der Waals surface area contributed by atoms with Crippen LogP contribution in [0.3, 0.4) is 0 Å². The Kier molecular flexibility index (Phi) is 1.85. The van der Waals surface area contributed by atoms with Crippen LogP contribution in [0, 0.1) is 6.43 Å². The molecular weight excluding hydrogens is 138 g/mol. The van der Waals surface area contributed by atoms with E-state index in [4.69, 9.17) is 5.11 Å². The molecule has 1 N–H and O–H groups in total. The van der Waals surface area contributed by atoms with Gasteiger partial charge in [-0.05, 0) is 24.3 Å². The van der Waals surface area contributed by atoms with E-state index in [0.717, 1.165) is 12.1 Å². The Morgan fingerprint density at radius 2 is 1.60 bits per heavy atom. The molecule has 0 aromatic heterocycles. The fourth-order valence-electron chi connectivity index (χ4n) is 0.587. The molecule has 0 aliphatic carbocycles. The van der Waals surface area contributed by atoms with Gasteiger partial charge in [0.05, 0.1) is 0 Å². The van der Waals surface area contributed by atoms with E-state index >= 15 is 0 Å². The van der Waals surface area contributed by atoms with Crippen LogP contribution < -0.4 is 0 Å². The van der Waals surface area contributed by atoms with E-state index < -0.39 is 6.43 Å². The van der Waals surface area contributed by atoms with E-state index in [1.54, 1.807) is 0 Å². The van der Waals surface area contributed by atoms with Gasteiger partial charge in [-0.15, -0.1) is 0 Å². The van der Waals surface area contributed by atoms with Crippen molar-refractivity contribution in [3.63, 3.8) is 0 Å². The summed E-state index contributed by atoms with van der Waals surface area (Å²) in [6, 6.07) is 4.75. The van der Waals surface area contributed by atoms with E-state index in [1.807, 2.05) is 0 Å². The molecule has 0 saturated heterocycles. The van der Waals surface area contributed by atoms with Crippen molar-refractivity contribution in [3.05, 3.63) is 36.3 Å². The molecule has 3 heteroatoms. The van der Waals surface area contributed by atoms with Crippen LogP contribution >= 0.6 is 0 Å². The average molecular weight is 143 g/mol. The summed E-state index contributed by atoms with van der Waals surface area (Å²) in [4.78, 5) is 0. The second-order valence-corrected chi connectivity index (χ2v) is 1.81. The molecule has 0 aliphatic heterocycles. The van der Waals surface area contributed by atoms with Crippen molar-refractivity contribution in [3.8, 4) is 5.75 Å². The van der Waals surface area contributed by atoms with Crippen LogP contribution in [0.2, 0.25) is 0 Å². The van der Waals surface area contributed by atoms with Crippen molar-refractivity contribution >= 4 is 0 Å². The summed E-state index contributed by atoms with van der Waals surface area (Å²) in [7, 11) is 0. The molecule has 0 fully saturated rings. The molecule has 0 aliphatic rings. The lowest BCUT2D eigenvalue weighted by atomic mass is 10.2. The minimum absolute atomic E-state index is 0.00926. The zero-order valence-electron chi connectivity index (χ0n) is 5.01. The molecule has 0 atom stereocenters. The van der Waals surface area contributed by atoms with Gasteiger partial charge in [0.25, 0.3) is 0 Å². The van der Waals surface area contributed by atoms with Crippen LogP contribution in [0.15, 0.2) is 24.3 Å². The van der Waals surface area contributed by atoms with Crippen LogP contribution in [-0.2, 0) is 0 Å². The summed E-state index contributed by atoms with van der Waals surface area (Å²) in [6.07, 6.45) is -1.74. The predicted octanol–water partition coefficient (Wildman–Crippen LogP) is 2.17. The third-order valence-electron chi connectivity index (χ3n) is 1.09. The van der Waals surface area contributed by atoms with Crippen LogP contribution in [-0.4, -0.2) is 5.11 Å². The molecule has 0 saturated carbocycles. The Morgan fingerprint density at radius 3 is 2.00 bits per heavy atom. The molecule has 0 unspecified atom stereocenters. The Hall–Kier alpha value is -1.12. The molecule has 53 valence electrons. The van der Waals surface area contributed by atoms with Crippen LogP contribution in [0.5, 0.6) is 5.75 Å². The fourth-order valence-corrected chi connectivity index (χ4v) is 0.587. The standard InChI is InChI=1S/C7H5F2O/c8-7(9)5-1-3-6(10)4-2-5/h1-4,10H. The zero-order valence-corrected chi connectivity index (χ0v) is 5.01. The van der Waals surface area contributed by atoms with Crippen molar-refractivity contribution in [1.82, 2.24) is 0 Å². The zero-order chi connectivity index (χ0) is 7.56. The van der Waals surface area contributed by atoms with Crippen molar-refractivity contribution in [2.45, 2.75) is 0 Å². The van der Waals surface area contributed by atoms with Gasteiger partial charge in [-0.2, -0.15) is 8.78 Å². The average Bonchev–Trinajstić information content (AvgIpc) is 1.88. The molecule has 1 aromatic rings. The predicted molar refractivity (Wildman–Crippen MR) is 32.7 cm³/mol. The van der Waals surface area contributed by atoms with Gasteiger partial charge in [-0.3, -0.25) is 0 Å². The molecule has 1 aromatic carbocycles. The molecule has 1 nitrogen and oxygen atoms in total. The topological polar surface area (TPSA) is 20.2 Å². The minimum atomic E-state index is -1.74. The first kappa shape index (κ1) is 6.99. The lowest BCUT2D eigenvalue weighted by Gasteiger charge is -1.95. The van der Waals surface area contributed by atoms with Crippen molar-refractivity contribution in [2.75, 3.05) is 0 Å². The van der Waals surface area contributed by atoms with Gasteiger partial charge in [0.1, 0.15) is 5.75 Å². The van der Waals surface area contributed by atoms with E-state index in [2.05, 4.69) is 0 Å². The smallest absolute Gasteiger partial charge is 0.339 e. The summed E-state index contributed by atoms with van der Waals surface area (Å²) >= 11 is 0. The number of halogens is 2. The second-order valence-electron chi connectivity index (χ2n) is 1.81. The maximum absolute atomic E-state index is 11.7. The minimum Gasteiger partial charge on any atom is -0.508 e. The number of phenolic OH excluding ortho intramolecular Hbond substituents is 1. The highest BCUT2D eigenvalue weighted by Crippen LogP contribution is 2.19. The summed E-state index contributed by atoms with van der Waals surface area (Å²) < 4.78 is 23.5. The van der Waals surface area contributed by atoms with Crippen LogP contribution in [0.25, 0.3) is 0 Å². The molecule has 10 heavy (non-hydrogen) atoms. The quantitative estimate of drug-likeness (QED) is 0.638. The van der Waals surface area contributed by atoms with Gasteiger partial charge >= 0.3 is 6.43 Å². The normalized spacial score (nSPS) is 10.3. The van der Waals surface area contributed by atoms with E-state index in [-0.39, 0.29) is 11.3 Å². The van der Waals surface area contributed by atoms with Gasteiger partial charge in [0, 0.05) is 5.56 Å². The summed E-state index contributed by atoms with van der Waals surface area (Å²) in [5.74, 6) is -0.00926. The SMILES string of the molecule is Oc1ccc([C](F)F)cc1. The van der Waals surface area contributed by atoms with Gasteiger partial charge < -0.3 is 5.11 Å². The first-order valence-corrected chi connectivity index (χ1v) is 2.67. The van der Waals surface area contributed by atoms with Gasteiger partial charge in [-0.25, -0.2) is 0 Å². The maximum Gasteiger partial charge on any atom is 0.339 e. The lowest BCUT2D eigenvalue weighted by molar-refractivity contribution is 0.324. The van der Waals surface area contributed by atoms with Crippen molar-refractivity contribution in [2.24, 2.45) is 0 Å². The molecule has 0 bridgehead atoms. The van der Waals surface area contributed by atoms with Crippen LogP contribution in [0.4, 0.5) is 8.78 Å². The highest BCUT2D eigenvalue weighted by Gasteiger charge is 2.07. The van der Waals surface area contributed by atoms with E-state index in [1.165, 1.54) is 12.1 Å². The van der Waals surface area contributed by atoms with Crippen molar-refractivity contribution in [1.29, 1.82) is 0 Å². The first-order chi connectivity index (χ1) is 4.70. The monoisotopic (exact) mass is 143 g/mol. The molecule has 0 heterocycles. The maximum atomic E-state index is 11.7. The summed E-state index contributed by atoms with van der Waals surface area (Å²) in [5.41, 5.74) is -0.155. The van der Waals surface area contributed by atoms with Gasteiger partial charge in [0.2, 0.25) is 0 Å². The van der Waals surface area contributed by atoms with Gasteiger partial charge in [0.15, 0.2) is 0 Å². The number of phenols is 1. The highest BCUT2D eigenvalue weighted by atomic mass is 19.3. The fraction of sp³-hybridized carbons (Fsp3) is 0. The number of hydrogen-bond acceptors (Lipinski definition) is 1. The largest absolute Gasteiger partial charge is 0.508 e. The Bertz CT molecular complexity index is 205. The van der Waals surface area contributed by atoms with E-state index in [9.17, 15) is 8.78 Å². The Balaban J connectivity index is 2.89. The number of rotatable bonds is 1. The number of aromatic hydroxyl groups is 1. The molecular formula is C7H5F2O. The van der Waals surface area contributed by atoms with Gasteiger partial charge in [-0.1, -0.05) is 0 Å². The third-order valence-corrected chi connectivity index (χ3v) is 1.09. The second kappa shape index (κ2) is 2.64. The Labute approximate surface area is 56.9 Å². The highest BCUT2D eigenvalue weighted by molar-refractivity contribution is 5.30. The molecule has 0 amide bonds.